The van der Waals surface area contributed by atoms with E-state index in [0.29, 0.717) is 6.54 Å². The number of hydrogen-bond donors (Lipinski definition) is 2. The number of thiazole rings is 1. The van der Waals surface area contributed by atoms with Crippen molar-refractivity contribution in [3.8, 4) is 0 Å². The predicted octanol–water partition coefficient (Wildman–Crippen LogP) is 3.54. The van der Waals surface area contributed by atoms with Crippen molar-refractivity contribution >= 4 is 47.0 Å². The molecule has 5 nitrogen and oxygen atoms in total. The van der Waals surface area contributed by atoms with E-state index in [1.807, 2.05) is 12.3 Å². The quantitative estimate of drug-likeness (QED) is 0.392. The Labute approximate surface area is 175 Å². The van der Waals surface area contributed by atoms with E-state index in [9.17, 15) is 4.39 Å². The summed E-state index contributed by atoms with van der Waals surface area (Å²) in [5, 5.41) is 7.84. The minimum atomic E-state index is -0.191. The largest absolute Gasteiger partial charge is 0.369 e. The average Bonchev–Trinajstić information content (AvgIpc) is 3.04. The number of anilines is 1. The van der Waals surface area contributed by atoms with E-state index in [4.69, 9.17) is 0 Å². The lowest BCUT2D eigenvalue weighted by Gasteiger charge is -2.35. The molecule has 1 fully saturated rings. The van der Waals surface area contributed by atoms with Crippen LogP contribution in [0.3, 0.4) is 0 Å². The molecular formula is C18H25FIN5S. The molecule has 0 saturated carbocycles. The van der Waals surface area contributed by atoms with Gasteiger partial charge in [-0.15, -0.1) is 35.3 Å². The van der Waals surface area contributed by atoms with Gasteiger partial charge in [0.2, 0.25) is 0 Å². The minimum Gasteiger partial charge on any atom is -0.369 e. The highest BCUT2D eigenvalue weighted by Crippen LogP contribution is 2.20. The number of nitrogens with zero attached hydrogens (tertiary/aromatic N) is 3. The number of benzene rings is 1. The molecule has 2 heterocycles. The Morgan fingerprint density at radius 3 is 3.00 bits per heavy atom. The van der Waals surface area contributed by atoms with Crippen LogP contribution < -0.4 is 15.5 Å². The SMILES string of the molecule is CN=C(NCc1ncc(C)s1)NC1CCCN(c2cccc(F)c2)C1.I. The van der Waals surface area contributed by atoms with Crippen LogP contribution in [-0.4, -0.2) is 37.1 Å². The highest BCUT2D eigenvalue weighted by atomic mass is 127. The molecule has 0 bridgehead atoms. The Hall–Kier alpha value is -1.42. The molecule has 142 valence electrons. The molecule has 1 aliphatic heterocycles. The highest BCUT2D eigenvalue weighted by molar-refractivity contribution is 14.0. The van der Waals surface area contributed by atoms with Gasteiger partial charge in [0.25, 0.3) is 0 Å². The maximum atomic E-state index is 13.5. The lowest BCUT2D eigenvalue weighted by atomic mass is 10.0. The number of aliphatic imine (C=N–C) groups is 1. The highest BCUT2D eigenvalue weighted by Gasteiger charge is 2.21. The van der Waals surface area contributed by atoms with E-state index in [1.54, 1.807) is 30.5 Å². The van der Waals surface area contributed by atoms with Gasteiger partial charge in [-0.3, -0.25) is 4.99 Å². The summed E-state index contributed by atoms with van der Waals surface area (Å²) in [5.74, 6) is 0.586. The molecular weight excluding hydrogens is 464 g/mol. The zero-order valence-corrected chi connectivity index (χ0v) is 18.2. The molecule has 2 aromatic rings. The Bertz CT molecular complexity index is 736. The molecule has 0 aliphatic carbocycles. The van der Waals surface area contributed by atoms with Crippen LogP contribution in [0.15, 0.2) is 35.5 Å². The normalized spacial score (nSPS) is 17.6. The predicted molar refractivity (Wildman–Crippen MR) is 117 cm³/mol. The molecule has 0 amide bonds. The van der Waals surface area contributed by atoms with Gasteiger partial charge >= 0.3 is 0 Å². The second kappa shape index (κ2) is 10.1. The summed E-state index contributed by atoms with van der Waals surface area (Å²) in [6, 6.07) is 7.08. The number of guanidine groups is 1. The summed E-state index contributed by atoms with van der Waals surface area (Å²) in [6.07, 6.45) is 4.02. The third kappa shape index (κ3) is 5.80. The number of hydrogen-bond acceptors (Lipinski definition) is 4. The Morgan fingerprint density at radius 2 is 2.31 bits per heavy atom. The fourth-order valence-corrected chi connectivity index (χ4v) is 3.76. The van der Waals surface area contributed by atoms with Gasteiger partial charge in [-0.2, -0.15) is 0 Å². The smallest absolute Gasteiger partial charge is 0.191 e. The second-order valence-corrected chi connectivity index (χ2v) is 7.52. The fourth-order valence-electron chi connectivity index (χ4n) is 3.03. The Kier molecular flexibility index (Phi) is 8.08. The number of aromatic nitrogens is 1. The van der Waals surface area contributed by atoms with E-state index in [2.05, 4.69) is 32.4 Å². The monoisotopic (exact) mass is 489 g/mol. The van der Waals surface area contributed by atoms with Gasteiger partial charge in [0.1, 0.15) is 10.8 Å². The van der Waals surface area contributed by atoms with Crippen LogP contribution in [0.2, 0.25) is 0 Å². The van der Waals surface area contributed by atoms with E-state index in [0.717, 1.165) is 42.6 Å². The van der Waals surface area contributed by atoms with Crippen LogP contribution in [0.4, 0.5) is 10.1 Å². The maximum absolute atomic E-state index is 13.5. The molecule has 1 aromatic heterocycles. The molecule has 26 heavy (non-hydrogen) atoms. The van der Waals surface area contributed by atoms with Gasteiger partial charge in [-0.05, 0) is 38.0 Å². The van der Waals surface area contributed by atoms with Gasteiger partial charge < -0.3 is 15.5 Å². The lowest BCUT2D eigenvalue weighted by molar-refractivity contribution is 0.467. The number of halogens is 2. The average molecular weight is 489 g/mol. The van der Waals surface area contributed by atoms with Crippen molar-refractivity contribution in [1.82, 2.24) is 15.6 Å². The number of nitrogens with one attached hydrogen (secondary N) is 2. The summed E-state index contributed by atoms with van der Waals surface area (Å²) >= 11 is 1.69. The van der Waals surface area contributed by atoms with E-state index in [1.165, 1.54) is 10.9 Å². The summed E-state index contributed by atoms with van der Waals surface area (Å²) in [4.78, 5) is 12.1. The van der Waals surface area contributed by atoms with Crippen molar-refractivity contribution in [3.05, 3.63) is 46.2 Å². The Balaban J connectivity index is 0.00000243. The van der Waals surface area contributed by atoms with Gasteiger partial charge in [0.05, 0.1) is 6.54 Å². The lowest BCUT2D eigenvalue weighted by Crippen LogP contribution is -2.51. The molecule has 1 atom stereocenters. The van der Waals surface area contributed by atoms with Crippen LogP contribution in [-0.2, 0) is 6.54 Å². The Morgan fingerprint density at radius 1 is 1.46 bits per heavy atom. The maximum Gasteiger partial charge on any atom is 0.191 e. The summed E-state index contributed by atoms with van der Waals surface area (Å²) in [6.45, 7) is 4.50. The molecule has 2 N–H and O–H groups in total. The first-order valence-electron chi connectivity index (χ1n) is 8.53. The second-order valence-electron chi connectivity index (χ2n) is 6.20. The van der Waals surface area contributed by atoms with Gasteiger partial charge in [-0.25, -0.2) is 9.37 Å². The van der Waals surface area contributed by atoms with Crippen molar-refractivity contribution in [2.24, 2.45) is 4.99 Å². The van der Waals surface area contributed by atoms with Crippen molar-refractivity contribution in [2.75, 3.05) is 25.0 Å². The minimum absolute atomic E-state index is 0. The molecule has 8 heteroatoms. The standard InChI is InChI=1S/C18H24FN5S.HI/c1-13-10-21-17(25-13)11-22-18(20-2)23-15-6-4-8-24(12-15)16-7-3-5-14(19)9-16;/h3,5,7,9-10,15H,4,6,8,11-12H2,1-2H3,(H2,20,22,23);1H. The van der Waals surface area contributed by atoms with Crippen LogP contribution in [0.1, 0.15) is 22.7 Å². The first-order chi connectivity index (χ1) is 12.1. The molecule has 3 rings (SSSR count). The van der Waals surface area contributed by atoms with Crippen molar-refractivity contribution in [1.29, 1.82) is 0 Å². The van der Waals surface area contributed by atoms with Gasteiger partial charge in [0, 0.05) is 42.9 Å². The van der Waals surface area contributed by atoms with Crippen LogP contribution in [0, 0.1) is 12.7 Å². The third-order valence-corrected chi connectivity index (χ3v) is 5.15. The number of aryl methyl sites for hydroxylation is 1. The third-order valence-electron chi connectivity index (χ3n) is 4.24. The van der Waals surface area contributed by atoms with Gasteiger partial charge in [-0.1, -0.05) is 6.07 Å². The molecule has 0 radical (unpaired) electrons. The first-order valence-corrected chi connectivity index (χ1v) is 9.34. The summed E-state index contributed by atoms with van der Waals surface area (Å²) < 4.78 is 13.5. The van der Waals surface area contributed by atoms with E-state index >= 15 is 0 Å². The van der Waals surface area contributed by atoms with Gasteiger partial charge in [0.15, 0.2) is 5.96 Å². The summed E-state index contributed by atoms with van der Waals surface area (Å²) in [5.41, 5.74) is 0.938. The molecule has 1 unspecified atom stereocenters. The van der Waals surface area contributed by atoms with Crippen LogP contribution >= 0.6 is 35.3 Å². The number of piperidine rings is 1. The van der Waals surface area contributed by atoms with Crippen LogP contribution in [0.25, 0.3) is 0 Å². The number of rotatable bonds is 4. The van der Waals surface area contributed by atoms with Crippen LogP contribution in [0.5, 0.6) is 0 Å². The van der Waals surface area contributed by atoms with Crippen molar-refractivity contribution < 1.29 is 4.39 Å². The zero-order chi connectivity index (χ0) is 17.6. The molecule has 0 spiro atoms. The van der Waals surface area contributed by atoms with E-state index in [-0.39, 0.29) is 35.8 Å². The van der Waals surface area contributed by atoms with Crippen molar-refractivity contribution in [2.45, 2.75) is 32.4 Å². The van der Waals surface area contributed by atoms with E-state index < -0.39 is 0 Å². The zero-order valence-electron chi connectivity index (χ0n) is 15.0. The molecule has 1 saturated heterocycles. The first kappa shape index (κ1) is 20.9. The fraction of sp³-hybridized carbons (Fsp3) is 0.444. The van der Waals surface area contributed by atoms with Crippen molar-refractivity contribution in [3.63, 3.8) is 0 Å². The topological polar surface area (TPSA) is 52.6 Å². The molecule has 1 aliphatic rings. The molecule has 1 aromatic carbocycles. The summed E-state index contributed by atoms with van der Waals surface area (Å²) in [7, 11) is 1.77.